The van der Waals surface area contributed by atoms with Crippen LogP contribution in [0.3, 0.4) is 0 Å². The van der Waals surface area contributed by atoms with E-state index in [0.717, 1.165) is 0 Å². The van der Waals surface area contributed by atoms with Gasteiger partial charge in [-0.3, -0.25) is 14.4 Å². The van der Waals surface area contributed by atoms with E-state index in [1.807, 2.05) is 13.8 Å². The molecular formula is C15H26N4O5. The minimum Gasteiger partial charge on any atom is -0.480 e. The van der Waals surface area contributed by atoms with Gasteiger partial charge in [-0.05, 0) is 25.2 Å². The average molecular weight is 342 g/mol. The van der Waals surface area contributed by atoms with E-state index in [-0.39, 0.29) is 12.3 Å². The number of nitrogens with two attached hydrogens (primary N) is 2. The minimum absolute atomic E-state index is 0.0942. The van der Waals surface area contributed by atoms with Crippen LogP contribution in [0.2, 0.25) is 0 Å². The van der Waals surface area contributed by atoms with Crippen LogP contribution in [0, 0.1) is 5.92 Å². The highest BCUT2D eigenvalue weighted by molar-refractivity contribution is 5.93. The van der Waals surface area contributed by atoms with Gasteiger partial charge in [0.2, 0.25) is 17.7 Å². The van der Waals surface area contributed by atoms with Crippen LogP contribution >= 0.6 is 0 Å². The first-order chi connectivity index (χ1) is 11.1. The van der Waals surface area contributed by atoms with Crippen molar-refractivity contribution in [3.63, 3.8) is 0 Å². The summed E-state index contributed by atoms with van der Waals surface area (Å²) in [6.45, 7) is 4.05. The van der Waals surface area contributed by atoms with Gasteiger partial charge in [0.05, 0.1) is 12.5 Å². The van der Waals surface area contributed by atoms with E-state index in [0.29, 0.717) is 25.8 Å². The number of hydrogen-bond acceptors (Lipinski definition) is 5. The maximum absolute atomic E-state index is 12.4. The molecule has 3 amide bonds. The van der Waals surface area contributed by atoms with Gasteiger partial charge >= 0.3 is 5.97 Å². The Labute approximate surface area is 140 Å². The molecule has 1 aliphatic rings. The first-order valence-corrected chi connectivity index (χ1v) is 8.01. The Hall–Kier alpha value is -2.16. The molecule has 1 heterocycles. The van der Waals surface area contributed by atoms with Gasteiger partial charge in [0.1, 0.15) is 12.1 Å². The number of amides is 3. The predicted octanol–water partition coefficient (Wildman–Crippen LogP) is -1.20. The maximum Gasteiger partial charge on any atom is 0.326 e. The summed E-state index contributed by atoms with van der Waals surface area (Å²) in [7, 11) is 0. The fourth-order valence-electron chi connectivity index (χ4n) is 2.78. The molecule has 0 aliphatic carbocycles. The van der Waals surface area contributed by atoms with Crippen molar-refractivity contribution in [2.24, 2.45) is 17.4 Å². The van der Waals surface area contributed by atoms with Crippen LogP contribution in [0.25, 0.3) is 0 Å². The van der Waals surface area contributed by atoms with Crippen molar-refractivity contribution in [1.29, 1.82) is 0 Å². The van der Waals surface area contributed by atoms with Gasteiger partial charge in [-0.15, -0.1) is 0 Å². The molecule has 0 aromatic heterocycles. The summed E-state index contributed by atoms with van der Waals surface area (Å²) in [5.41, 5.74) is 10.7. The third kappa shape index (κ3) is 5.48. The van der Waals surface area contributed by atoms with E-state index >= 15 is 0 Å². The van der Waals surface area contributed by atoms with Crippen LogP contribution in [-0.4, -0.2) is 58.4 Å². The molecular weight excluding hydrogens is 316 g/mol. The largest absolute Gasteiger partial charge is 0.480 e. The number of nitrogens with one attached hydrogen (secondary N) is 1. The predicted molar refractivity (Wildman–Crippen MR) is 85.5 cm³/mol. The fraction of sp³-hybridized carbons (Fsp3) is 0.733. The number of primary amides is 1. The first-order valence-electron chi connectivity index (χ1n) is 8.01. The molecule has 0 radical (unpaired) electrons. The second-order valence-corrected chi connectivity index (χ2v) is 6.50. The molecule has 1 aliphatic heterocycles. The number of nitrogens with zero attached hydrogens (tertiary/aromatic N) is 1. The van der Waals surface area contributed by atoms with Gasteiger partial charge in [-0.25, -0.2) is 4.79 Å². The molecule has 24 heavy (non-hydrogen) atoms. The topological polar surface area (TPSA) is 156 Å². The van der Waals surface area contributed by atoms with Crippen LogP contribution in [0.5, 0.6) is 0 Å². The third-order valence-electron chi connectivity index (χ3n) is 3.90. The van der Waals surface area contributed by atoms with Gasteiger partial charge in [0, 0.05) is 6.54 Å². The van der Waals surface area contributed by atoms with E-state index in [1.165, 1.54) is 4.90 Å². The molecule has 0 spiro atoms. The highest BCUT2D eigenvalue weighted by atomic mass is 16.4. The van der Waals surface area contributed by atoms with Gasteiger partial charge in [0.25, 0.3) is 0 Å². The number of rotatable bonds is 8. The van der Waals surface area contributed by atoms with Crippen molar-refractivity contribution >= 4 is 23.7 Å². The fourth-order valence-corrected chi connectivity index (χ4v) is 2.78. The molecule has 0 aromatic carbocycles. The van der Waals surface area contributed by atoms with Crippen LogP contribution in [0.4, 0.5) is 0 Å². The van der Waals surface area contributed by atoms with Gasteiger partial charge in [-0.2, -0.15) is 0 Å². The summed E-state index contributed by atoms with van der Waals surface area (Å²) in [6.07, 6.45) is 1.03. The van der Waals surface area contributed by atoms with E-state index in [1.54, 1.807) is 0 Å². The molecule has 6 N–H and O–H groups in total. The number of carbonyl (C=O) groups excluding carboxylic acids is 3. The van der Waals surface area contributed by atoms with Crippen LogP contribution < -0.4 is 16.8 Å². The Balaban J connectivity index is 2.76. The Morgan fingerprint density at radius 3 is 2.42 bits per heavy atom. The number of hydrogen-bond donors (Lipinski definition) is 4. The van der Waals surface area contributed by atoms with Crippen molar-refractivity contribution in [3.8, 4) is 0 Å². The molecule has 1 saturated heterocycles. The molecule has 1 rings (SSSR count). The first kappa shape index (κ1) is 19.9. The van der Waals surface area contributed by atoms with E-state index < -0.39 is 41.8 Å². The Bertz CT molecular complexity index is 508. The van der Waals surface area contributed by atoms with Crippen molar-refractivity contribution in [3.05, 3.63) is 0 Å². The zero-order valence-electron chi connectivity index (χ0n) is 14.0. The standard InChI is InChI=1S/C15H26N4O5/c1-8(2)6-10(15(23)24)18-13(21)11-4-3-5-19(11)14(22)9(16)7-12(17)20/h8-11H,3-7,16H2,1-2H3,(H2,17,20)(H,18,21)(H,23,24)/t9-,10-,11-/m0/s1. The summed E-state index contributed by atoms with van der Waals surface area (Å²) < 4.78 is 0. The zero-order chi connectivity index (χ0) is 18.4. The smallest absolute Gasteiger partial charge is 0.326 e. The van der Waals surface area contributed by atoms with Crippen LogP contribution in [-0.2, 0) is 19.2 Å². The highest BCUT2D eigenvalue weighted by Crippen LogP contribution is 2.19. The summed E-state index contributed by atoms with van der Waals surface area (Å²) >= 11 is 0. The number of carbonyl (C=O) groups is 4. The van der Waals surface area contributed by atoms with Gasteiger partial charge in [0.15, 0.2) is 0 Å². The Kier molecular flexibility index (Phi) is 7.15. The molecule has 1 fully saturated rings. The average Bonchev–Trinajstić information content (AvgIpc) is 2.93. The van der Waals surface area contributed by atoms with Crippen LogP contribution in [0.1, 0.15) is 39.5 Å². The van der Waals surface area contributed by atoms with Crippen molar-refractivity contribution < 1.29 is 24.3 Å². The molecule has 0 unspecified atom stereocenters. The molecule has 9 heteroatoms. The minimum atomic E-state index is -1.11. The SMILES string of the molecule is CC(C)C[C@H](NC(=O)[C@@H]1CCCN1C(=O)[C@@H](N)CC(N)=O)C(=O)O. The molecule has 0 saturated carbocycles. The maximum atomic E-state index is 12.4. The van der Waals surface area contributed by atoms with Gasteiger partial charge in [-0.1, -0.05) is 13.8 Å². The number of carboxylic acid groups (broad SMARTS) is 1. The normalized spacial score (nSPS) is 19.8. The summed E-state index contributed by atoms with van der Waals surface area (Å²) in [5, 5.41) is 11.7. The van der Waals surface area contributed by atoms with Crippen molar-refractivity contribution in [2.75, 3.05) is 6.54 Å². The zero-order valence-corrected chi connectivity index (χ0v) is 14.0. The third-order valence-corrected chi connectivity index (χ3v) is 3.90. The summed E-state index contributed by atoms with van der Waals surface area (Å²) in [4.78, 5) is 48.2. The van der Waals surface area contributed by atoms with E-state index in [4.69, 9.17) is 11.5 Å². The molecule has 9 nitrogen and oxygen atoms in total. The molecule has 0 aromatic rings. The Morgan fingerprint density at radius 2 is 1.92 bits per heavy atom. The van der Waals surface area contributed by atoms with Crippen molar-refractivity contribution in [1.82, 2.24) is 10.2 Å². The van der Waals surface area contributed by atoms with Crippen LogP contribution in [0.15, 0.2) is 0 Å². The molecule has 0 bridgehead atoms. The summed E-state index contributed by atoms with van der Waals surface area (Å²) in [5.74, 6) is -2.75. The number of likely N-dealkylation sites (tertiary alicyclic amines) is 1. The van der Waals surface area contributed by atoms with Gasteiger partial charge < -0.3 is 26.8 Å². The molecule has 136 valence electrons. The van der Waals surface area contributed by atoms with E-state index in [9.17, 15) is 24.3 Å². The van der Waals surface area contributed by atoms with E-state index in [2.05, 4.69) is 5.32 Å². The monoisotopic (exact) mass is 342 g/mol. The lowest BCUT2D eigenvalue weighted by Crippen LogP contribution is -2.54. The lowest BCUT2D eigenvalue weighted by atomic mass is 10.0. The second kappa shape index (κ2) is 8.62. The lowest BCUT2D eigenvalue weighted by molar-refractivity contribution is -0.144. The Morgan fingerprint density at radius 1 is 1.29 bits per heavy atom. The highest BCUT2D eigenvalue weighted by Gasteiger charge is 2.37. The van der Waals surface area contributed by atoms with Crippen molar-refractivity contribution in [2.45, 2.75) is 57.7 Å². The lowest BCUT2D eigenvalue weighted by Gasteiger charge is -2.27. The quantitative estimate of drug-likeness (QED) is 0.434. The number of carboxylic acids is 1. The summed E-state index contributed by atoms with van der Waals surface area (Å²) in [6, 6.07) is -2.87. The second-order valence-electron chi connectivity index (χ2n) is 6.50. The number of aliphatic carboxylic acids is 1. The molecule has 3 atom stereocenters.